The minimum absolute atomic E-state index is 0.0599. The maximum Gasteiger partial charge on any atom is 0.264 e. The molecular formula is C32H41N3O5S. The van der Waals surface area contributed by atoms with Crippen molar-refractivity contribution in [2.75, 3.05) is 17.5 Å². The van der Waals surface area contributed by atoms with Crippen LogP contribution in [0.25, 0.3) is 0 Å². The molecule has 9 heteroatoms. The Labute approximate surface area is 244 Å². The fourth-order valence-corrected chi connectivity index (χ4v) is 5.90. The van der Waals surface area contributed by atoms with Gasteiger partial charge < -0.3 is 15.0 Å². The van der Waals surface area contributed by atoms with Crippen molar-refractivity contribution in [1.29, 1.82) is 0 Å². The van der Waals surface area contributed by atoms with E-state index in [4.69, 9.17) is 4.74 Å². The zero-order valence-corrected chi connectivity index (χ0v) is 25.6. The molecule has 1 atom stereocenters. The van der Waals surface area contributed by atoms with E-state index in [1.165, 1.54) is 17.0 Å². The van der Waals surface area contributed by atoms with Crippen LogP contribution in [0.3, 0.4) is 0 Å². The number of carbonyl (C=O) groups excluding carboxylic acids is 2. The van der Waals surface area contributed by atoms with Gasteiger partial charge in [-0.3, -0.25) is 13.9 Å². The van der Waals surface area contributed by atoms with Crippen LogP contribution in [-0.4, -0.2) is 49.9 Å². The predicted molar refractivity (Wildman–Crippen MR) is 162 cm³/mol. The van der Waals surface area contributed by atoms with Crippen molar-refractivity contribution in [2.45, 2.75) is 71.0 Å². The SMILES string of the molecule is CCOc1ccc(N(CC(=O)N(Cc2ccccc2C)[C@@H](CC)C(=O)NC(C)(C)C)S(=O)(=O)c2ccccc2)cc1. The van der Waals surface area contributed by atoms with Gasteiger partial charge in [-0.15, -0.1) is 0 Å². The van der Waals surface area contributed by atoms with E-state index >= 15 is 0 Å². The van der Waals surface area contributed by atoms with Crippen molar-refractivity contribution < 1.29 is 22.7 Å². The number of benzene rings is 3. The number of anilines is 1. The summed E-state index contributed by atoms with van der Waals surface area (Å²) >= 11 is 0. The molecule has 0 saturated carbocycles. The summed E-state index contributed by atoms with van der Waals surface area (Å²) in [6.45, 7) is 11.4. The lowest BCUT2D eigenvalue weighted by atomic mass is 10.0. The third kappa shape index (κ3) is 8.33. The maximum atomic E-state index is 14.2. The van der Waals surface area contributed by atoms with Crippen LogP contribution in [0.5, 0.6) is 5.75 Å². The molecule has 3 aromatic rings. The molecular weight excluding hydrogens is 538 g/mol. The number of hydrogen-bond donors (Lipinski definition) is 1. The number of carbonyl (C=O) groups is 2. The van der Waals surface area contributed by atoms with Crippen LogP contribution in [0.1, 0.15) is 52.2 Å². The predicted octanol–water partition coefficient (Wildman–Crippen LogP) is 5.31. The summed E-state index contributed by atoms with van der Waals surface area (Å²) in [5.74, 6) is -0.191. The fourth-order valence-electron chi connectivity index (χ4n) is 4.47. The third-order valence-electron chi connectivity index (χ3n) is 6.53. The Balaban J connectivity index is 2.07. The number of ether oxygens (including phenoxy) is 1. The molecule has 220 valence electrons. The molecule has 0 unspecified atom stereocenters. The number of nitrogens with zero attached hydrogens (tertiary/aromatic N) is 2. The molecule has 0 saturated heterocycles. The summed E-state index contributed by atoms with van der Waals surface area (Å²) < 4.78 is 34.5. The van der Waals surface area contributed by atoms with Gasteiger partial charge in [0.15, 0.2) is 0 Å². The Hall–Kier alpha value is -3.85. The van der Waals surface area contributed by atoms with E-state index in [0.717, 1.165) is 15.4 Å². The summed E-state index contributed by atoms with van der Waals surface area (Å²) in [4.78, 5) is 29.2. The van der Waals surface area contributed by atoms with Gasteiger partial charge in [-0.1, -0.05) is 49.4 Å². The Morgan fingerprint density at radius 1 is 0.902 bits per heavy atom. The first-order chi connectivity index (χ1) is 19.4. The van der Waals surface area contributed by atoms with Crippen molar-refractivity contribution >= 4 is 27.5 Å². The molecule has 2 amide bonds. The first-order valence-corrected chi connectivity index (χ1v) is 15.3. The van der Waals surface area contributed by atoms with Crippen LogP contribution in [-0.2, 0) is 26.2 Å². The van der Waals surface area contributed by atoms with Crippen molar-refractivity contribution in [3.63, 3.8) is 0 Å². The van der Waals surface area contributed by atoms with E-state index in [9.17, 15) is 18.0 Å². The average Bonchev–Trinajstić information content (AvgIpc) is 2.92. The Morgan fingerprint density at radius 3 is 2.07 bits per heavy atom. The lowest BCUT2D eigenvalue weighted by Crippen LogP contribution is -2.55. The van der Waals surface area contributed by atoms with E-state index in [-0.39, 0.29) is 17.3 Å². The van der Waals surface area contributed by atoms with E-state index < -0.39 is 34.1 Å². The van der Waals surface area contributed by atoms with Gasteiger partial charge in [0, 0.05) is 12.1 Å². The molecule has 0 aromatic heterocycles. The van der Waals surface area contributed by atoms with E-state index in [1.807, 2.05) is 65.8 Å². The van der Waals surface area contributed by atoms with E-state index in [1.54, 1.807) is 42.5 Å². The number of amides is 2. The van der Waals surface area contributed by atoms with Gasteiger partial charge in [0.05, 0.1) is 17.2 Å². The van der Waals surface area contributed by atoms with Crippen molar-refractivity contribution in [3.8, 4) is 5.75 Å². The molecule has 0 aliphatic rings. The molecule has 0 aliphatic heterocycles. The van der Waals surface area contributed by atoms with Gasteiger partial charge in [0.1, 0.15) is 18.3 Å². The summed E-state index contributed by atoms with van der Waals surface area (Å²) in [5.41, 5.74) is 1.65. The zero-order chi connectivity index (χ0) is 30.2. The van der Waals surface area contributed by atoms with E-state index in [0.29, 0.717) is 24.5 Å². The highest BCUT2D eigenvalue weighted by Crippen LogP contribution is 2.27. The monoisotopic (exact) mass is 579 g/mol. The van der Waals surface area contributed by atoms with Crippen molar-refractivity contribution in [2.24, 2.45) is 0 Å². The molecule has 41 heavy (non-hydrogen) atoms. The van der Waals surface area contributed by atoms with E-state index in [2.05, 4.69) is 5.32 Å². The smallest absolute Gasteiger partial charge is 0.264 e. The molecule has 0 radical (unpaired) electrons. The van der Waals surface area contributed by atoms with Crippen LogP contribution in [0.2, 0.25) is 0 Å². The highest BCUT2D eigenvalue weighted by atomic mass is 32.2. The molecule has 3 aromatic carbocycles. The Bertz CT molecular complexity index is 1420. The van der Waals surface area contributed by atoms with Gasteiger partial charge in [0.25, 0.3) is 10.0 Å². The maximum absolute atomic E-state index is 14.2. The zero-order valence-electron chi connectivity index (χ0n) is 24.8. The van der Waals surface area contributed by atoms with Gasteiger partial charge in [0.2, 0.25) is 11.8 Å². The lowest BCUT2D eigenvalue weighted by molar-refractivity contribution is -0.141. The highest BCUT2D eigenvalue weighted by Gasteiger charge is 2.34. The molecule has 0 aliphatic carbocycles. The molecule has 0 bridgehead atoms. The van der Waals surface area contributed by atoms with Crippen LogP contribution >= 0.6 is 0 Å². The molecule has 0 heterocycles. The van der Waals surface area contributed by atoms with Gasteiger partial charge >= 0.3 is 0 Å². The van der Waals surface area contributed by atoms with Crippen LogP contribution < -0.4 is 14.4 Å². The van der Waals surface area contributed by atoms with Crippen molar-refractivity contribution in [1.82, 2.24) is 10.2 Å². The average molecular weight is 580 g/mol. The Kier molecular flexibility index (Phi) is 10.6. The number of hydrogen-bond acceptors (Lipinski definition) is 5. The fraction of sp³-hybridized carbons (Fsp3) is 0.375. The number of aryl methyl sites for hydroxylation is 1. The number of rotatable bonds is 12. The van der Waals surface area contributed by atoms with Gasteiger partial charge in [-0.05, 0) is 88.6 Å². The summed E-state index contributed by atoms with van der Waals surface area (Å²) in [6.07, 6.45) is 0.355. The summed E-state index contributed by atoms with van der Waals surface area (Å²) in [6, 6.07) is 21.4. The van der Waals surface area contributed by atoms with Crippen molar-refractivity contribution in [3.05, 3.63) is 90.0 Å². The number of nitrogens with one attached hydrogen (secondary N) is 1. The minimum atomic E-state index is -4.13. The van der Waals surface area contributed by atoms with Gasteiger partial charge in [-0.2, -0.15) is 0 Å². The quantitative estimate of drug-likeness (QED) is 0.314. The van der Waals surface area contributed by atoms with Gasteiger partial charge in [-0.25, -0.2) is 8.42 Å². The standard InChI is InChI=1S/C32H41N3O5S/c1-7-29(31(37)33-32(4,5)6)34(22-25-15-13-12-14-24(25)3)30(36)23-35(26-18-20-27(21-19-26)40-8-2)41(38,39)28-16-10-9-11-17-28/h9-21,29H,7-8,22-23H2,1-6H3,(H,33,37)/t29-/m0/s1. The topological polar surface area (TPSA) is 96.0 Å². The first kappa shape index (κ1) is 31.7. The largest absolute Gasteiger partial charge is 0.494 e. The summed E-state index contributed by atoms with van der Waals surface area (Å²) in [7, 11) is -4.13. The normalized spacial score (nSPS) is 12.3. The molecule has 1 N–H and O–H groups in total. The number of sulfonamides is 1. The second-order valence-electron chi connectivity index (χ2n) is 10.9. The first-order valence-electron chi connectivity index (χ1n) is 13.8. The second-order valence-corrected chi connectivity index (χ2v) is 12.7. The van der Waals surface area contributed by atoms with Crippen LogP contribution in [0.15, 0.2) is 83.8 Å². The van der Waals surface area contributed by atoms with Crippen LogP contribution in [0, 0.1) is 6.92 Å². The summed E-state index contributed by atoms with van der Waals surface area (Å²) in [5, 5.41) is 2.99. The molecule has 0 spiro atoms. The Morgan fingerprint density at radius 2 is 1.51 bits per heavy atom. The molecule has 0 fully saturated rings. The minimum Gasteiger partial charge on any atom is -0.494 e. The molecule has 3 rings (SSSR count). The van der Waals surface area contributed by atoms with Crippen LogP contribution in [0.4, 0.5) is 5.69 Å². The lowest BCUT2D eigenvalue weighted by Gasteiger charge is -2.35. The highest BCUT2D eigenvalue weighted by molar-refractivity contribution is 7.92. The second kappa shape index (κ2) is 13.7. The third-order valence-corrected chi connectivity index (χ3v) is 8.32. The molecule has 8 nitrogen and oxygen atoms in total.